The molecule has 224 valence electrons. The SMILES string of the molecule is CCOc1ccc(N(CC(=O)N(Cc2cccc(C)c2)[C@@H](C)C(=O)NC2CCCC2)S(=O)(=O)c2ccc(F)cc2)cc1. The zero-order valence-corrected chi connectivity index (χ0v) is 25.1. The predicted molar refractivity (Wildman–Crippen MR) is 160 cm³/mol. The van der Waals surface area contributed by atoms with Crippen molar-refractivity contribution < 1.29 is 27.1 Å². The van der Waals surface area contributed by atoms with Gasteiger partial charge in [0.2, 0.25) is 11.8 Å². The summed E-state index contributed by atoms with van der Waals surface area (Å²) in [5, 5.41) is 3.06. The summed E-state index contributed by atoms with van der Waals surface area (Å²) in [6.45, 7) is 5.42. The summed E-state index contributed by atoms with van der Waals surface area (Å²) in [6.07, 6.45) is 3.88. The molecule has 3 aromatic carbocycles. The van der Waals surface area contributed by atoms with Gasteiger partial charge in [-0.25, -0.2) is 12.8 Å². The first-order valence-corrected chi connectivity index (χ1v) is 15.7. The van der Waals surface area contributed by atoms with E-state index in [9.17, 15) is 22.4 Å². The molecule has 1 saturated carbocycles. The molecule has 2 amide bonds. The number of nitrogens with zero attached hydrogens (tertiary/aromatic N) is 2. The van der Waals surface area contributed by atoms with Gasteiger partial charge in [-0.05, 0) is 87.7 Å². The first-order chi connectivity index (χ1) is 20.1. The van der Waals surface area contributed by atoms with Crippen LogP contribution in [0.2, 0.25) is 0 Å². The molecule has 1 N–H and O–H groups in total. The quantitative estimate of drug-likeness (QED) is 0.310. The van der Waals surface area contributed by atoms with Gasteiger partial charge in [0.15, 0.2) is 0 Å². The van der Waals surface area contributed by atoms with Crippen molar-refractivity contribution in [2.75, 3.05) is 17.5 Å². The average molecular weight is 596 g/mol. The highest BCUT2D eigenvalue weighted by molar-refractivity contribution is 7.92. The van der Waals surface area contributed by atoms with E-state index in [1.54, 1.807) is 31.2 Å². The van der Waals surface area contributed by atoms with Gasteiger partial charge in [-0.3, -0.25) is 13.9 Å². The number of ether oxygens (including phenoxy) is 1. The van der Waals surface area contributed by atoms with E-state index in [2.05, 4.69) is 5.32 Å². The Labute approximate surface area is 247 Å². The number of hydrogen-bond acceptors (Lipinski definition) is 5. The van der Waals surface area contributed by atoms with E-state index in [4.69, 9.17) is 4.74 Å². The van der Waals surface area contributed by atoms with Crippen LogP contribution in [-0.4, -0.2) is 50.4 Å². The number of rotatable bonds is 12. The summed E-state index contributed by atoms with van der Waals surface area (Å²) < 4.78 is 47.9. The van der Waals surface area contributed by atoms with Crippen LogP contribution in [-0.2, 0) is 26.2 Å². The lowest BCUT2D eigenvalue weighted by atomic mass is 10.1. The number of amides is 2. The second kappa shape index (κ2) is 13.8. The molecule has 0 bridgehead atoms. The Morgan fingerprint density at radius 3 is 2.31 bits per heavy atom. The van der Waals surface area contributed by atoms with E-state index in [1.807, 2.05) is 38.1 Å². The largest absolute Gasteiger partial charge is 0.494 e. The molecule has 8 nitrogen and oxygen atoms in total. The minimum Gasteiger partial charge on any atom is -0.494 e. The Morgan fingerprint density at radius 2 is 1.69 bits per heavy atom. The number of nitrogens with one attached hydrogen (secondary N) is 1. The van der Waals surface area contributed by atoms with Crippen LogP contribution in [0.25, 0.3) is 0 Å². The number of benzene rings is 3. The molecule has 0 spiro atoms. The molecule has 10 heteroatoms. The van der Waals surface area contributed by atoms with E-state index in [0.29, 0.717) is 12.4 Å². The minimum absolute atomic E-state index is 0.0649. The molecule has 4 rings (SSSR count). The van der Waals surface area contributed by atoms with Crippen LogP contribution in [0.15, 0.2) is 77.7 Å². The van der Waals surface area contributed by atoms with Crippen molar-refractivity contribution >= 4 is 27.5 Å². The number of halogens is 1. The third-order valence-electron chi connectivity index (χ3n) is 7.42. The Balaban J connectivity index is 1.69. The van der Waals surface area contributed by atoms with Crippen molar-refractivity contribution in [2.45, 2.75) is 70.0 Å². The summed E-state index contributed by atoms with van der Waals surface area (Å²) in [5.41, 5.74) is 2.05. The maximum absolute atomic E-state index is 14.1. The molecule has 1 atom stereocenters. The summed E-state index contributed by atoms with van der Waals surface area (Å²) in [5.74, 6) is -0.865. The zero-order chi connectivity index (χ0) is 30.3. The minimum atomic E-state index is -4.29. The molecule has 1 fully saturated rings. The second-order valence-corrected chi connectivity index (χ2v) is 12.4. The lowest BCUT2D eigenvalue weighted by Crippen LogP contribution is -2.52. The van der Waals surface area contributed by atoms with Gasteiger partial charge in [0.05, 0.1) is 17.2 Å². The Morgan fingerprint density at radius 1 is 1.02 bits per heavy atom. The van der Waals surface area contributed by atoms with E-state index >= 15 is 0 Å². The van der Waals surface area contributed by atoms with Gasteiger partial charge in [-0.15, -0.1) is 0 Å². The molecule has 1 aliphatic rings. The Hall–Kier alpha value is -3.92. The summed E-state index contributed by atoms with van der Waals surface area (Å²) in [7, 11) is -4.29. The van der Waals surface area contributed by atoms with Crippen LogP contribution in [0.5, 0.6) is 5.75 Å². The van der Waals surface area contributed by atoms with Gasteiger partial charge in [0, 0.05) is 12.6 Å². The van der Waals surface area contributed by atoms with Crippen LogP contribution < -0.4 is 14.4 Å². The van der Waals surface area contributed by atoms with Crippen LogP contribution in [0.4, 0.5) is 10.1 Å². The maximum atomic E-state index is 14.1. The third-order valence-corrected chi connectivity index (χ3v) is 9.21. The first kappa shape index (κ1) is 31.0. The van der Waals surface area contributed by atoms with Gasteiger partial charge in [-0.2, -0.15) is 0 Å². The molecule has 0 aromatic heterocycles. The molecular weight excluding hydrogens is 557 g/mol. The number of carbonyl (C=O) groups is 2. The second-order valence-electron chi connectivity index (χ2n) is 10.6. The van der Waals surface area contributed by atoms with Crippen molar-refractivity contribution in [3.05, 3.63) is 89.7 Å². The molecular formula is C32H38FN3O5S. The van der Waals surface area contributed by atoms with E-state index in [-0.39, 0.29) is 29.1 Å². The fraction of sp³-hybridized carbons (Fsp3) is 0.375. The fourth-order valence-electron chi connectivity index (χ4n) is 5.12. The molecule has 0 heterocycles. The summed E-state index contributed by atoms with van der Waals surface area (Å²) in [6, 6.07) is 17.6. The van der Waals surface area contributed by atoms with Crippen LogP contribution >= 0.6 is 0 Å². The number of carbonyl (C=O) groups excluding carboxylic acids is 2. The first-order valence-electron chi connectivity index (χ1n) is 14.2. The molecule has 0 radical (unpaired) electrons. The Kier molecular flexibility index (Phi) is 10.2. The van der Waals surface area contributed by atoms with E-state index in [1.165, 1.54) is 17.0 Å². The highest BCUT2D eigenvalue weighted by atomic mass is 32.2. The highest BCUT2D eigenvalue weighted by Gasteiger charge is 2.33. The smallest absolute Gasteiger partial charge is 0.264 e. The number of hydrogen-bond donors (Lipinski definition) is 1. The van der Waals surface area contributed by atoms with Crippen molar-refractivity contribution in [1.82, 2.24) is 10.2 Å². The van der Waals surface area contributed by atoms with E-state index < -0.39 is 34.3 Å². The summed E-state index contributed by atoms with van der Waals surface area (Å²) >= 11 is 0. The van der Waals surface area contributed by atoms with Gasteiger partial charge >= 0.3 is 0 Å². The summed E-state index contributed by atoms with van der Waals surface area (Å²) in [4.78, 5) is 28.6. The van der Waals surface area contributed by atoms with Gasteiger partial charge in [0.25, 0.3) is 10.0 Å². The van der Waals surface area contributed by atoms with Crippen molar-refractivity contribution in [2.24, 2.45) is 0 Å². The highest BCUT2D eigenvalue weighted by Crippen LogP contribution is 2.27. The number of sulfonamides is 1. The predicted octanol–water partition coefficient (Wildman–Crippen LogP) is 5.20. The lowest BCUT2D eigenvalue weighted by Gasteiger charge is -2.32. The molecule has 0 unspecified atom stereocenters. The molecule has 0 saturated heterocycles. The van der Waals surface area contributed by atoms with Gasteiger partial charge in [-0.1, -0.05) is 42.7 Å². The van der Waals surface area contributed by atoms with Crippen molar-refractivity contribution in [3.63, 3.8) is 0 Å². The van der Waals surface area contributed by atoms with Crippen molar-refractivity contribution in [3.8, 4) is 5.75 Å². The molecule has 1 aliphatic carbocycles. The third kappa shape index (κ3) is 7.67. The van der Waals surface area contributed by atoms with Crippen LogP contribution in [0.1, 0.15) is 50.7 Å². The van der Waals surface area contributed by atoms with Crippen LogP contribution in [0.3, 0.4) is 0 Å². The Bertz CT molecular complexity index is 1470. The van der Waals surface area contributed by atoms with Gasteiger partial charge in [0.1, 0.15) is 24.2 Å². The molecule has 3 aromatic rings. The monoisotopic (exact) mass is 595 g/mol. The van der Waals surface area contributed by atoms with Crippen LogP contribution in [0, 0.1) is 12.7 Å². The van der Waals surface area contributed by atoms with Gasteiger partial charge < -0.3 is 15.0 Å². The van der Waals surface area contributed by atoms with E-state index in [0.717, 1.165) is 53.2 Å². The number of aryl methyl sites for hydroxylation is 1. The van der Waals surface area contributed by atoms with Crippen molar-refractivity contribution in [1.29, 1.82) is 0 Å². The normalized spacial score (nSPS) is 14.3. The fourth-order valence-corrected chi connectivity index (χ4v) is 6.53. The standard InChI is InChI=1S/C32H38FN3O5S/c1-4-41-29-16-14-28(15-17-29)36(42(39,40)30-18-12-26(33)13-19-30)22-31(37)35(21-25-9-7-8-23(2)20-25)24(3)32(38)34-27-10-5-6-11-27/h7-9,12-20,24,27H,4-6,10-11,21-22H2,1-3H3,(H,34,38)/t24-/m0/s1. The maximum Gasteiger partial charge on any atom is 0.264 e. The number of anilines is 1. The zero-order valence-electron chi connectivity index (χ0n) is 24.3. The molecule has 42 heavy (non-hydrogen) atoms. The lowest BCUT2D eigenvalue weighted by molar-refractivity contribution is -0.139. The topological polar surface area (TPSA) is 96.0 Å². The average Bonchev–Trinajstić information content (AvgIpc) is 3.48. The molecule has 0 aliphatic heterocycles.